The highest BCUT2D eigenvalue weighted by atomic mass is 19.1. The lowest BCUT2D eigenvalue weighted by atomic mass is 10.1. The molecule has 1 fully saturated rings. The van der Waals surface area contributed by atoms with E-state index in [0.717, 1.165) is 44.5 Å². The molecule has 0 saturated carbocycles. The van der Waals surface area contributed by atoms with Crippen LogP contribution in [0.25, 0.3) is 11.0 Å². The summed E-state index contributed by atoms with van der Waals surface area (Å²) in [6, 6.07) is 9.71. The first kappa shape index (κ1) is 29.5. The van der Waals surface area contributed by atoms with Crippen LogP contribution in [0.1, 0.15) is 23.0 Å². The van der Waals surface area contributed by atoms with E-state index in [-0.39, 0.29) is 28.7 Å². The Bertz CT molecular complexity index is 1670. The van der Waals surface area contributed by atoms with E-state index in [0.29, 0.717) is 22.6 Å². The van der Waals surface area contributed by atoms with Crippen molar-refractivity contribution in [1.29, 1.82) is 0 Å². The highest BCUT2D eigenvalue weighted by Gasteiger charge is 2.28. The van der Waals surface area contributed by atoms with E-state index >= 15 is 0 Å². The lowest BCUT2D eigenvalue weighted by Gasteiger charge is -2.35. The molecule has 0 spiro atoms. The maximum absolute atomic E-state index is 14.9. The molecule has 224 valence electrons. The van der Waals surface area contributed by atoms with Crippen molar-refractivity contribution in [1.82, 2.24) is 9.88 Å². The fraction of sp³-hybridized carbons (Fsp3) is 0.258. The van der Waals surface area contributed by atoms with E-state index in [2.05, 4.69) is 38.9 Å². The Labute approximate surface area is 246 Å². The maximum Gasteiger partial charge on any atom is 0.247 e. The fourth-order valence-corrected chi connectivity index (χ4v) is 4.92. The molecule has 43 heavy (non-hydrogen) atoms. The van der Waals surface area contributed by atoms with Crippen LogP contribution in [-0.4, -0.2) is 68.5 Å². The van der Waals surface area contributed by atoms with Crippen molar-refractivity contribution in [3.63, 3.8) is 0 Å². The Balaban J connectivity index is 1.43. The number of pyridine rings is 1. The number of furan rings is 1. The number of nitrogens with one attached hydrogen (secondary N) is 2. The standard InChI is InChI=1S/C31H31F2N5O5/c1-5-27(39)36-21-15-19(38-11-9-37(6-2)10-12-38)7-8-20(21)35-26-14-18-13-24(43-25(18)17-34-26)31(40)28-29(32)22(41-3)16-23(42-4)30(28)33/h5,7-8,13-17H,1,6,9-12H2,2-4H3,(H,34,35)(H,36,39). The SMILES string of the molecule is C=CC(=O)Nc1cc(N2CCN(CC)CC2)ccc1Nc1cc2cc(C(=O)c3c(F)c(OC)cc(OC)c3F)oc2cn1. The summed E-state index contributed by atoms with van der Waals surface area (Å²) in [7, 11) is 2.39. The topological polar surface area (TPSA) is 109 Å². The highest BCUT2D eigenvalue weighted by molar-refractivity contribution is 6.10. The zero-order chi connectivity index (χ0) is 30.7. The number of likely N-dealkylation sites (N-methyl/N-ethyl adjacent to an activating group) is 1. The van der Waals surface area contributed by atoms with Gasteiger partial charge in [0, 0.05) is 43.3 Å². The summed E-state index contributed by atoms with van der Waals surface area (Å²) in [6.45, 7) is 10.3. The zero-order valence-corrected chi connectivity index (χ0v) is 24.0. The number of aromatic nitrogens is 1. The third kappa shape index (κ3) is 6.00. The van der Waals surface area contributed by atoms with E-state index in [1.807, 2.05) is 18.2 Å². The van der Waals surface area contributed by atoms with Gasteiger partial charge >= 0.3 is 0 Å². The Hall–Kier alpha value is -4.97. The van der Waals surface area contributed by atoms with Crippen molar-refractivity contribution < 1.29 is 32.3 Å². The van der Waals surface area contributed by atoms with Crippen LogP contribution in [0.15, 0.2) is 59.7 Å². The number of ketones is 1. The minimum absolute atomic E-state index is 0.228. The smallest absolute Gasteiger partial charge is 0.247 e. The van der Waals surface area contributed by atoms with Crippen LogP contribution in [0.5, 0.6) is 11.5 Å². The molecular formula is C31H31F2N5O5. The average Bonchev–Trinajstić information content (AvgIpc) is 3.45. The predicted molar refractivity (Wildman–Crippen MR) is 160 cm³/mol. The molecule has 0 radical (unpaired) electrons. The molecule has 1 aliphatic heterocycles. The van der Waals surface area contributed by atoms with Gasteiger partial charge in [0.15, 0.2) is 34.5 Å². The van der Waals surface area contributed by atoms with Crippen LogP contribution >= 0.6 is 0 Å². The van der Waals surface area contributed by atoms with Gasteiger partial charge in [0.1, 0.15) is 11.4 Å². The number of piperazine rings is 1. The molecule has 1 saturated heterocycles. The molecule has 5 rings (SSSR count). The molecule has 2 aromatic carbocycles. The third-order valence-electron chi connectivity index (χ3n) is 7.32. The Morgan fingerprint density at radius 1 is 1.02 bits per heavy atom. The first-order valence-electron chi connectivity index (χ1n) is 13.6. The molecule has 12 heteroatoms. The first-order chi connectivity index (χ1) is 20.8. The zero-order valence-electron chi connectivity index (χ0n) is 24.0. The van der Waals surface area contributed by atoms with Gasteiger partial charge in [0.05, 0.1) is 31.8 Å². The van der Waals surface area contributed by atoms with Gasteiger partial charge in [0.2, 0.25) is 11.7 Å². The molecule has 0 bridgehead atoms. The van der Waals surface area contributed by atoms with E-state index < -0.39 is 23.0 Å². The number of carbonyl (C=O) groups is 2. The summed E-state index contributed by atoms with van der Waals surface area (Å²) in [5.74, 6) is -4.35. The Morgan fingerprint density at radius 3 is 2.35 bits per heavy atom. The van der Waals surface area contributed by atoms with Gasteiger partial charge in [-0.1, -0.05) is 13.5 Å². The number of methoxy groups -OCH3 is 2. The summed E-state index contributed by atoms with van der Waals surface area (Å²) in [6.07, 6.45) is 2.57. The number of fused-ring (bicyclic) bond motifs is 1. The molecule has 10 nitrogen and oxygen atoms in total. The maximum atomic E-state index is 14.9. The van der Waals surface area contributed by atoms with E-state index in [9.17, 15) is 18.4 Å². The Morgan fingerprint density at radius 2 is 1.72 bits per heavy atom. The van der Waals surface area contributed by atoms with Crippen LogP contribution in [0.2, 0.25) is 0 Å². The van der Waals surface area contributed by atoms with E-state index in [1.165, 1.54) is 32.6 Å². The molecule has 1 aliphatic rings. The fourth-order valence-electron chi connectivity index (χ4n) is 4.92. The molecule has 3 heterocycles. The van der Waals surface area contributed by atoms with Crippen LogP contribution in [0.4, 0.5) is 31.7 Å². The minimum Gasteiger partial charge on any atom is -0.494 e. The van der Waals surface area contributed by atoms with Crippen LogP contribution in [0.3, 0.4) is 0 Å². The van der Waals surface area contributed by atoms with Crippen LogP contribution < -0.4 is 25.0 Å². The Kier molecular flexibility index (Phi) is 8.58. The third-order valence-corrected chi connectivity index (χ3v) is 7.32. The number of hydrogen-bond donors (Lipinski definition) is 2. The monoisotopic (exact) mass is 591 g/mol. The van der Waals surface area contributed by atoms with Crippen molar-refractivity contribution in [2.45, 2.75) is 6.92 Å². The second-order valence-corrected chi connectivity index (χ2v) is 9.80. The lowest BCUT2D eigenvalue weighted by Crippen LogP contribution is -2.46. The molecular weight excluding hydrogens is 560 g/mol. The summed E-state index contributed by atoms with van der Waals surface area (Å²) in [5, 5.41) is 6.49. The number of hydrogen-bond acceptors (Lipinski definition) is 9. The number of ether oxygens (including phenoxy) is 2. The van der Waals surface area contributed by atoms with E-state index in [1.54, 1.807) is 6.07 Å². The van der Waals surface area contributed by atoms with Gasteiger partial charge in [-0.15, -0.1) is 0 Å². The van der Waals surface area contributed by atoms with Gasteiger partial charge in [-0.05, 0) is 43.0 Å². The van der Waals surface area contributed by atoms with Crippen LogP contribution in [-0.2, 0) is 4.79 Å². The summed E-state index contributed by atoms with van der Waals surface area (Å²) >= 11 is 0. The van der Waals surface area contributed by atoms with Crippen molar-refractivity contribution in [3.05, 3.63) is 78.2 Å². The summed E-state index contributed by atoms with van der Waals surface area (Å²) in [4.78, 5) is 34.4. The highest BCUT2D eigenvalue weighted by Crippen LogP contribution is 2.35. The van der Waals surface area contributed by atoms with Crippen molar-refractivity contribution in [3.8, 4) is 11.5 Å². The van der Waals surface area contributed by atoms with Gasteiger partial charge in [-0.3, -0.25) is 9.59 Å². The predicted octanol–water partition coefficient (Wildman–Crippen LogP) is 5.36. The van der Waals surface area contributed by atoms with Gasteiger partial charge in [-0.25, -0.2) is 13.8 Å². The van der Waals surface area contributed by atoms with Crippen LogP contribution in [0, 0.1) is 11.6 Å². The van der Waals surface area contributed by atoms with Crippen molar-refractivity contribution in [2.24, 2.45) is 0 Å². The summed E-state index contributed by atoms with van der Waals surface area (Å²) < 4.78 is 45.3. The first-order valence-corrected chi connectivity index (χ1v) is 13.6. The molecule has 1 amide bonds. The molecule has 4 aromatic rings. The second kappa shape index (κ2) is 12.5. The molecule has 2 N–H and O–H groups in total. The average molecular weight is 592 g/mol. The summed E-state index contributed by atoms with van der Waals surface area (Å²) in [5.41, 5.74) is 1.44. The molecule has 2 aromatic heterocycles. The number of anilines is 4. The number of halogens is 2. The molecule has 0 aliphatic carbocycles. The number of benzene rings is 2. The minimum atomic E-state index is -1.17. The van der Waals surface area contributed by atoms with Crippen molar-refractivity contribution in [2.75, 3.05) is 62.5 Å². The molecule has 0 unspecified atom stereocenters. The second-order valence-electron chi connectivity index (χ2n) is 9.80. The largest absolute Gasteiger partial charge is 0.494 e. The van der Waals surface area contributed by atoms with E-state index in [4.69, 9.17) is 13.9 Å². The quantitative estimate of drug-likeness (QED) is 0.186. The normalized spacial score (nSPS) is 13.6. The number of nitrogens with zero attached hydrogens (tertiary/aromatic N) is 3. The number of carbonyl (C=O) groups excluding carboxylic acids is 2. The number of amides is 1. The van der Waals surface area contributed by atoms with Crippen molar-refractivity contribution >= 4 is 45.5 Å². The molecule has 0 atom stereocenters. The number of rotatable bonds is 10. The van der Waals surface area contributed by atoms with Gasteiger partial charge < -0.3 is 34.3 Å². The van der Waals surface area contributed by atoms with Gasteiger partial charge in [-0.2, -0.15) is 0 Å². The van der Waals surface area contributed by atoms with Gasteiger partial charge in [0.25, 0.3) is 0 Å². The lowest BCUT2D eigenvalue weighted by molar-refractivity contribution is -0.111.